The fourth-order valence-electron chi connectivity index (χ4n) is 2.78. The van der Waals surface area contributed by atoms with E-state index in [0.717, 1.165) is 30.9 Å². The second kappa shape index (κ2) is 7.87. The summed E-state index contributed by atoms with van der Waals surface area (Å²) < 4.78 is 0. The molecule has 0 radical (unpaired) electrons. The quantitative estimate of drug-likeness (QED) is 0.652. The van der Waals surface area contributed by atoms with E-state index in [4.69, 9.17) is 16.6 Å². The molecular weight excluding hydrogens is 268 g/mol. The molecule has 1 rings (SSSR count). The minimum Gasteiger partial charge on any atom is -0.353 e. The van der Waals surface area contributed by atoms with E-state index in [1.165, 1.54) is 11.1 Å². The summed E-state index contributed by atoms with van der Waals surface area (Å²) in [7, 11) is 0. The third kappa shape index (κ3) is 4.12. The van der Waals surface area contributed by atoms with Gasteiger partial charge in [-0.1, -0.05) is 27.7 Å². The molecule has 0 aliphatic carbocycles. The molecule has 1 aromatic rings. The van der Waals surface area contributed by atoms with Crippen molar-refractivity contribution in [2.24, 2.45) is 5.92 Å². The second-order valence-electron chi connectivity index (χ2n) is 6.03. The molecule has 20 heavy (non-hydrogen) atoms. The van der Waals surface area contributed by atoms with E-state index in [1.807, 2.05) is 0 Å². The number of aryl methyl sites for hydroxylation is 2. The summed E-state index contributed by atoms with van der Waals surface area (Å²) in [6, 6.07) is 2.66. The average molecular weight is 297 g/mol. The van der Waals surface area contributed by atoms with Crippen LogP contribution < -0.4 is 4.90 Å². The van der Waals surface area contributed by atoms with Crippen molar-refractivity contribution in [1.29, 1.82) is 0 Å². The standard InChI is InChI=1S/C17H29ClN2/c1-7-15(8-2)20(11-12(3)4)17-16(10-18)13(5)9-14(6)19-17/h9,12,15H,7-8,10-11H2,1-6H3. The van der Waals surface area contributed by atoms with Crippen LogP contribution in [0.15, 0.2) is 6.07 Å². The summed E-state index contributed by atoms with van der Waals surface area (Å²) in [4.78, 5) is 7.29. The van der Waals surface area contributed by atoms with E-state index >= 15 is 0 Å². The number of pyridine rings is 1. The van der Waals surface area contributed by atoms with Crippen molar-refractivity contribution in [2.45, 2.75) is 66.3 Å². The van der Waals surface area contributed by atoms with Gasteiger partial charge in [0, 0.05) is 23.8 Å². The molecule has 0 fully saturated rings. The summed E-state index contributed by atoms with van der Waals surface area (Å²) in [6.45, 7) is 14.3. The molecular formula is C17H29ClN2. The van der Waals surface area contributed by atoms with Crippen LogP contribution >= 0.6 is 11.6 Å². The SMILES string of the molecule is CCC(CC)N(CC(C)C)c1nc(C)cc(C)c1CCl. The molecule has 114 valence electrons. The van der Waals surface area contributed by atoms with Gasteiger partial charge >= 0.3 is 0 Å². The van der Waals surface area contributed by atoms with Gasteiger partial charge in [-0.3, -0.25) is 0 Å². The van der Waals surface area contributed by atoms with E-state index in [2.05, 4.69) is 52.5 Å². The van der Waals surface area contributed by atoms with Gasteiger partial charge in [0.1, 0.15) is 5.82 Å². The Labute approximate surface area is 129 Å². The highest BCUT2D eigenvalue weighted by molar-refractivity contribution is 6.17. The normalized spacial score (nSPS) is 11.4. The number of rotatable bonds is 7. The van der Waals surface area contributed by atoms with Crippen LogP contribution in [0.2, 0.25) is 0 Å². The largest absolute Gasteiger partial charge is 0.353 e. The predicted octanol–water partition coefficient (Wildman–Crippen LogP) is 5.09. The van der Waals surface area contributed by atoms with Crippen LogP contribution in [0.25, 0.3) is 0 Å². The van der Waals surface area contributed by atoms with Gasteiger partial charge in [0.2, 0.25) is 0 Å². The molecule has 0 unspecified atom stereocenters. The summed E-state index contributed by atoms with van der Waals surface area (Å²) in [5, 5.41) is 0. The van der Waals surface area contributed by atoms with Gasteiger partial charge in [0.25, 0.3) is 0 Å². The lowest BCUT2D eigenvalue weighted by molar-refractivity contribution is 0.502. The van der Waals surface area contributed by atoms with Crippen LogP contribution in [-0.4, -0.2) is 17.6 Å². The Kier molecular flexibility index (Phi) is 6.81. The molecule has 2 nitrogen and oxygen atoms in total. The molecule has 0 aliphatic heterocycles. The van der Waals surface area contributed by atoms with E-state index < -0.39 is 0 Å². The molecule has 0 N–H and O–H groups in total. The Hall–Kier alpha value is -0.760. The third-order valence-corrected chi connectivity index (χ3v) is 4.07. The highest BCUT2D eigenvalue weighted by Crippen LogP contribution is 2.28. The number of nitrogens with zero attached hydrogens (tertiary/aromatic N) is 2. The fourth-order valence-corrected chi connectivity index (χ4v) is 3.11. The van der Waals surface area contributed by atoms with Crippen LogP contribution in [0.1, 0.15) is 57.4 Å². The first kappa shape index (κ1) is 17.3. The third-order valence-electron chi connectivity index (χ3n) is 3.80. The maximum atomic E-state index is 6.19. The van der Waals surface area contributed by atoms with Crippen LogP contribution in [-0.2, 0) is 5.88 Å². The molecule has 1 heterocycles. The van der Waals surface area contributed by atoms with Gasteiger partial charge in [-0.25, -0.2) is 4.98 Å². The van der Waals surface area contributed by atoms with Gasteiger partial charge in [-0.15, -0.1) is 11.6 Å². The molecule has 0 aromatic carbocycles. The first-order valence-electron chi connectivity index (χ1n) is 7.74. The van der Waals surface area contributed by atoms with Gasteiger partial charge in [0.05, 0.1) is 5.88 Å². The van der Waals surface area contributed by atoms with Crippen LogP contribution in [0.5, 0.6) is 0 Å². The molecule has 0 spiro atoms. The minimum absolute atomic E-state index is 0.531. The highest BCUT2D eigenvalue weighted by Gasteiger charge is 2.22. The number of alkyl halides is 1. The first-order chi connectivity index (χ1) is 9.44. The summed E-state index contributed by atoms with van der Waals surface area (Å²) >= 11 is 6.19. The Morgan fingerprint density at radius 1 is 1.20 bits per heavy atom. The molecule has 0 atom stereocenters. The van der Waals surface area contributed by atoms with E-state index in [-0.39, 0.29) is 0 Å². The fraction of sp³-hybridized carbons (Fsp3) is 0.706. The Bertz CT molecular complexity index is 425. The second-order valence-corrected chi connectivity index (χ2v) is 6.30. The minimum atomic E-state index is 0.531. The van der Waals surface area contributed by atoms with Crippen molar-refractivity contribution in [1.82, 2.24) is 4.98 Å². The van der Waals surface area contributed by atoms with Crippen LogP contribution in [0.3, 0.4) is 0 Å². The van der Waals surface area contributed by atoms with Crippen molar-refractivity contribution < 1.29 is 0 Å². The molecule has 0 amide bonds. The lowest BCUT2D eigenvalue weighted by Gasteiger charge is -2.35. The van der Waals surface area contributed by atoms with E-state index in [0.29, 0.717) is 17.8 Å². The first-order valence-corrected chi connectivity index (χ1v) is 8.27. The predicted molar refractivity (Wildman–Crippen MR) is 89.8 cm³/mol. The zero-order chi connectivity index (χ0) is 15.3. The zero-order valence-corrected chi connectivity index (χ0v) is 14.6. The maximum Gasteiger partial charge on any atom is 0.133 e. The van der Waals surface area contributed by atoms with Crippen molar-refractivity contribution in [2.75, 3.05) is 11.4 Å². The highest BCUT2D eigenvalue weighted by atomic mass is 35.5. The zero-order valence-electron chi connectivity index (χ0n) is 13.8. The lowest BCUT2D eigenvalue weighted by Crippen LogP contribution is -2.38. The van der Waals surface area contributed by atoms with Crippen molar-refractivity contribution in [3.05, 3.63) is 22.9 Å². The van der Waals surface area contributed by atoms with Gasteiger partial charge in [0.15, 0.2) is 0 Å². The molecule has 0 bridgehead atoms. The van der Waals surface area contributed by atoms with Gasteiger partial charge < -0.3 is 4.90 Å². The Morgan fingerprint density at radius 3 is 2.25 bits per heavy atom. The monoisotopic (exact) mass is 296 g/mol. The Balaban J connectivity index is 3.31. The van der Waals surface area contributed by atoms with Crippen LogP contribution in [0, 0.1) is 19.8 Å². The average Bonchev–Trinajstić information content (AvgIpc) is 2.37. The molecule has 1 aromatic heterocycles. The topological polar surface area (TPSA) is 16.1 Å². The van der Waals surface area contributed by atoms with E-state index in [9.17, 15) is 0 Å². The van der Waals surface area contributed by atoms with Crippen LogP contribution in [0.4, 0.5) is 5.82 Å². The van der Waals surface area contributed by atoms with E-state index in [1.54, 1.807) is 0 Å². The van der Waals surface area contributed by atoms with Gasteiger partial charge in [-0.2, -0.15) is 0 Å². The van der Waals surface area contributed by atoms with Gasteiger partial charge in [-0.05, 0) is 44.2 Å². The summed E-state index contributed by atoms with van der Waals surface area (Å²) in [5.74, 6) is 2.24. The Morgan fingerprint density at radius 2 is 1.80 bits per heavy atom. The van der Waals surface area contributed by atoms with Crippen molar-refractivity contribution >= 4 is 17.4 Å². The smallest absolute Gasteiger partial charge is 0.133 e. The molecule has 0 aliphatic rings. The summed E-state index contributed by atoms with van der Waals surface area (Å²) in [5.41, 5.74) is 3.51. The number of anilines is 1. The number of aromatic nitrogens is 1. The van der Waals surface area contributed by atoms with Crippen molar-refractivity contribution in [3.63, 3.8) is 0 Å². The maximum absolute atomic E-state index is 6.19. The summed E-state index contributed by atoms with van der Waals surface area (Å²) in [6.07, 6.45) is 2.28. The number of hydrogen-bond donors (Lipinski definition) is 0. The molecule has 3 heteroatoms. The number of hydrogen-bond acceptors (Lipinski definition) is 2. The lowest BCUT2D eigenvalue weighted by atomic mass is 10.0. The molecule has 0 saturated carbocycles. The van der Waals surface area contributed by atoms with Crippen molar-refractivity contribution in [3.8, 4) is 0 Å². The number of halogens is 1. The molecule has 0 saturated heterocycles.